The van der Waals surface area contributed by atoms with Gasteiger partial charge in [-0.15, -0.1) is 0 Å². The quantitative estimate of drug-likeness (QED) is 0.836. The van der Waals surface area contributed by atoms with Crippen LogP contribution >= 0.6 is 11.8 Å². The number of thioether (sulfide) groups is 1. The van der Waals surface area contributed by atoms with Crippen molar-refractivity contribution in [3.05, 3.63) is 17.6 Å². The summed E-state index contributed by atoms with van der Waals surface area (Å²) in [7, 11) is 0. The van der Waals surface area contributed by atoms with E-state index in [2.05, 4.69) is 28.5 Å². The highest BCUT2D eigenvalue weighted by Gasteiger charge is 2.04. The molecule has 0 radical (unpaired) electrons. The van der Waals surface area contributed by atoms with Crippen molar-refractivity contribution in [2.75, 3.05) is 17.3 Å². The van der Waals surface area contributed by atoms with E-state index >= 15 is 0 Å². The van der Waals surface area contributed by atoms with Gasteiger partial charge in [0.1, 0.15) is 5.82 Å². The van der Waals surface area contributed by atoms with Gasteiger partial charge in [-0.1, -0.05) is 0 Å². The van der Waals surface area contributed by atoms with Crippen molar-refractivity contribution >= 4 is 17.6 Å². The van der Waals surface area contributed by atoms with Crippen molar-refractivity contribution < 1.29 is 0 Å². The van der Waals surface area contributed by atoms with Crippen molar-refractivity contribution in [2.24, 2.45) is 0 Å². The van der Waals surface area contributed by atoms with Gasteiger partial charge >= 0.3 is 0 Å². The minimum absolute atomic E-state index is 0.453. The lowest BCUT2D eigenvalue weighted by molar-refractivity contribution is 0.764. The Labute approximate surface area is 96.1 Å². The molecule has 0 amide bonds. The summed E-state index contributed by atoms with van der Waals surface area (Å²) in [6.07, 6.45) is 5.08. The van der Waals surface area contributed by atoms with Crippen LogP contribution in [0.1, 0.15) is 24.7 Å². The van der Waals surface area contributed by atoms with Crippen LogP contribution in [0.25, 0.3) is 0 Å². The van der Waals surface area contributed by atoms with Gasteiger partial charge in [-0.25, -0.2) is 4.98 Å². The Hall–Kier alpha value is -0.770. The van der Waals surface area contributed by atoms with Crippen molar-refractivity contribution in [1.82, 2.24) is 9.97 Å². The SMILES string of the molecule is CSCCC(C)Nc1cnc(C)c(C)n1. The zero-order chi connectivity index (χ0) is 11.3. The number of nitrogens with zero attached hydrogens (tertiary/aromatic N) is 2. The predicted octanol–water partition coefficient (Wildman–Crippen LogP) is 2.65. The van der Waals surface area contributed by atoms with Crippen LogP contribution in [0.5, 0.6) is 0 Å². The molecular formula is C11H19N3S. The zero-order valence-electron chi connectivity index (χ0n) is 9.87. The highest BCUT2D eigenvalue weighted by atomic mass is 32.2. The number of hydrogen-bond acceptors (Lipinski definition) is 4. The highest BCUT2D eigenvalue weighted by Crippen LogP contribution is 2.09. The third-order valence-corrected chi connectivity index (χ3v) is 2.99. The molecule has 0 aromatic carbocycles. The molecule has 0 bridgehead atoms. The lowest BCUT2D eigenvalue weighted by Gasteiger charge is -2.14. The Bertz CT molecular complexity index is 315. The van der Waals surface area contributed by atoms with Gasteiger partial charge in [-0.2, -0.15) is 11.8 Å². The monoisotopic (exact) mass is 225 g/mol. The van der Waals surface area contributed by atoms with Gasteiger partial charge in [0.2, 0.25) is 0 Å². The Kier molecular flexibility index (Phi) is 4.88. The van der Waals surface area contributed by atoms with Gasteiger partial charge in [0.25, 0.3) is 0 Å². The van der Waals surface area contributed by atoms with Crippen LogP contribution in [0.2, 0.25) is 0 Å². The largest absolute Gasteiger partial charge is 0.366 e. The van der Waals surface area contributed by atoms with Crippen molar-refractivity contribution in [2.45, 2.75) is 33.2 Å². The molecule has 1 unspecified atom stereocenters. The van der Waals surface area contributed by atoms with Gasteiger partial charge in [-0.3, -0.25) is 4.98 Å². The Balaban J connectivity index is 2.53. The molecule has 1 heterocycles. The lowest BCUT2D eigenvalue weighted by atomic mass is 10.2. The van der Waals surface area contributed by atoms with Gasteiger partial charge in [0.05, 0.1) is 17.6 Å². The Morgan fingerprint density at radius 3 is 2.73 bits per heavy atom. The van der Waals surface area contributed by atoms with Crippen LogP contribution in [-0.2, 0) is 0 Å². The third kappa shape index (κ3) is 4.08. The lowest BCUT2D eigenvalue weighted by Crippen LogP contribution is -2.17. The molecule has 0 fully saturated rings. The van der Waals surface area contributed by atoms with E-state index in [4.69, 9.17) is 0 Å². The maximum atomic E-state index is 4.44. The molecule has 0 aliphatic carbocycles. The molecule has 0 spiro atoms. The minimum atomic E-state index is 0.453. The number of rotatable bonds is 5. The second-order valence-electron chi connectivity index (χ2n) is 3.75. The number of nitrogens with one attached hydrogen (secondary N) is 1. The molecule has 1 aromatic heterocycles. The number of hydrogen-bond donors (Lipinski definition) is 1. The predicted molar refractivity (Wildman–Crippen MR) is 67.6 cm³/mol. The first-order valence-corrected chi connectivity index (χ1v) is 6.58. The molecule has 1 rings (SSSR count). The summed E-state index contributed by atoms with van der Waals surface area (Å²) in [5.74, 6) is 2.05. The normalized spacial score (nSPS) is 12.5. The minimum Gasteiger partial charge on any atom is -0.366 e. The van der Waals surface area contributed by atoms with Gasteiger partial charge < -0.3 is 5.32 Å². The van der Waals surface area contributed by atoms with E-state index in [1.165, 1.54) is 5.75 Å². The number of aryl methyl sites for hydroxylation is 2. The maximum absolute atomic E-state index is 4.44. The van der Waals surface area contributed by atoms with Crippen LogP contribution in [-0.4, -0.2) is 28.0 Å². The number of anilines is 1. The van der Waals surface area contributed by atoms with E-state index in [0.717, 1.165) is 23.6 Å². The molecule has 1 N–H and O–H groups in total. The summed E-state index contributed by atoms with van der Waals surface area (Å²) in [6, 6.07) is 0.453. The molecule has 0 aliphatic heterocycles. The highest BCUT2D eigenvalue weighted by molar-refractivity contribution is 7.98. The van der Waals surface area contributed by atoms with Crippen molar-refractivity contribution in [3.8, 4) is 0 Å². The van der Waals surface area contributed by atoms with Crippen LogP contribution < -0.4 is 5.32 Å². The Morgan fingerprint density at radius 2 is 2.13 bits per heavy atom. The van der Waals surface area contributed by atoms with E-state index in [-0.39, 0.29) is 0 Å². The fourth-order valence-electron chi connectivity index (χ4n) is 1.23. The molecule has 0 saturated heterocycles. The molecular weight excluding hydrogens is 206 g/mol. The molecule has 0 aliphatic rings. The fourth-order valence-corrected chi connectivity index (χ4v) is 1.82. The molecule has 84 valence electrons. The average Bonchev–Trinajstić information content (AvgIpc) is 2.20. The van der Waals surface area contributed by atoms with E-state index in [1.807, 2.05) is 25.6 Å². The zero-order valence-corrected chi connectivity index (χ0v) is 10.7. The molecule has 1 aromatic rings. The standard InChI is InChI=1S/C11H19N3S/c1-8(5-6-15-4)13-11-7-12-9(2)10(3)14-11/h7-8H,5-6H2,1-4H3,(H,13,14). The first-order chi connectivity index (χ1) is 7.13. The summed E-state index contributed by atoms with van der Waals surface area (Å²) in [6.45, 7) is 6.14. The topological polar surface area (TPSA) is 37.8 Å². The van der Waals surface area contributed by atoms with E-state index in [0.29, 0.717) is 6.04 Å². The summed E-state index contributed by atoms with van der Waals surface area (Å²) in [5, 5.41) is 3.36. The van der Waals surface area contributed by atoms with E-state index in [1.54, 1.807) is 6.20 Å². The average molecular weight is 225 g/mol. The van der Waals surface area contributed by atoms with Crippen molar-refractivity contribution in [3.63, 3.8) is 0 Å². The second kappa shape index (κ2) is 5.95. The third-order valence-electron chi connectivity index (χ3n) is 2.34. The van der Waals surface area contributed by atoms with Gasteiger partial charge in [-0.05, 0) is 39.2 Å². The summed E-state index contributed by atoms with van der Waals surface area (Å²) < 4.78 is 0. The number of aromatic nitrogens is 2. The van der Waals surface area contributed by atoms with Crippen LogP contribution in [0, 0.1) is 13.8 Å². The van der Waals surface area contributed by atoms with E-state index < -0.39 is 0 Å². The molecule has 0 saturated carbocycles. The molecule has 4 heteroatoms. The van der Waals surface area contributed by atoms with E-state index in [9.17, 15) is 0 Å². The smallest absolute Gasteiger partial charge is 0.145 e. The van der Waals surface area contributed by atoms with Crippen molar-refractivity contribution in [1.29, 1.82) is 0 Å². The first-order valence-electron chi connectivity index (χ1n) is 5.19. The molecule has 1 atom stereocenters. The summed E-state index contributed by atoms with van der Waals surface area (Å²) >= 11 is 1.87. The summed E-state index contributed by atoms with van der Waals surface area (Å²) in [4.78, 5) is 8.72. The molecule has 15 heavy (non-hydrogen) atoms. The molecule has 3 nitrogen and oxygen atoms in total. The van der Waals surface area contributed by atoms with Gasteiger partial charge in [0.15, 0.2) is 0 Å². The fraction of sp³-hybridized carbons (Fsp3) is 0.636. The second-order valence-corrected chi connectivity index (χ2v) is 4.74. The van der Waals surface area contributed by atoms with Gasteiger partial charge in [0, 0.05) is 6.04 Å². The maximum Gasteiger partial charge on any atom is 0.145 e. The van der Waals surface area contributed by atoms with Crippen LogP contribution in [0.4, 0.5) is 5.82 Å². The first kappa shape index (κ1) is 12.3. The van der Waals surface area contributed by atoms with Crippen LogP contribution in [0.3, 0.4) is 0 Å². The van der Waals surface area contributed by atoms with Crippen LogP contribution in [0.15, 0.2) is 6.20 Å². The Morgan fingerprint density at radius 1 is 1.40 bits per heavy atom. The summed E-state index contributed by atoms with van der Waals surface area (Å²) in [5.41, 5.74) is 1.99.